The number of hydrogen-bond donors (Lipinski definition) is 1. The first-order valence-corrected chi connectivity index (χ1v) is 0. The molecular weight excluding hydrogens is 264 g/mol. The van der Waals surface area contributed by atoms with Crippen molar-refractivity contribution in [3.63, 3.8) is 0 Å². The van der Waals surface area contributed by atoms with Crippen LogP contribution >= 0.6 is 0 Å². The third-order valence-electron chi connectivity index (χ3n) is 0. The molecule has 0 bridgehead atoms. The molecule has 6 heteroatoms. The fourth-order valence-corrected chi connectivity index (χ4v) is 0. The van der Waals surface area contributed by atoms with Gasteiger partial charge in [-0.15, -0.1) is 0 Å². The Labute approximate surface area is 49.2 Å². The second kappa shape index (κ2) is 509. The maximum Gasteiger partial charge on any atom is 0 e. The normalized spacial score (nSPS) is 0. The van der Waals surface area contributed by atoms with Crippen molar-refractivity contribution in [1.29, 1.82) is 0 Å². The Balaban J connectivity index is 0. The summed E-state index contributed by atoms with van der Waals surface area (Å²) in [7, 11) is 0. The minimum Gasteiger partial charge on any atom is -0.870 e. The van der Waals surface area contributed by atoms with E-state index in [1.54, 1.807) is 0 Å². The maximum absolute atomic E-state index is 0. The molecule has 0 aliphatic rings. The van der Waals surface area contributed by atoms with E-state index in [-0.39, 0.29) is 48.5 Å². The van der Waals surface area contributed by atoms with E-state index < -0.39 is 0 Å². The van der Waals surface area contributed by atoms with Gasteiger partial charge in [0.05, 0.1) is 0 Å². The van der Waals surface area contributed by atoms with Gasteiger partial charge in [0.2, 0.25) is 0 Å². The van der Waals surface area contributed by atoms with Gasteiger partial charge in [0, 0.05) is 20.4 Å². The molecule has 6 heavy (non-hydrogen) atoms. The minimum atomic E-state index is 0. The second-order valence-corrected chi connectivity index (χ2v) is 0. The van der Waals surface area contributed by atoms with Gasteiger partial charge in [0.15, 0.2) is 0 Å². The minimum absolute atomic E-state index is 0. The van der Waals surface area contributed by atoms with Crippen LogP contribution in [-0.2, 0) is 20.4 Å². The Morgan fingerprint density at radius 2 is 0.667 bits per heavy atom. The molecule has 0 unspecified atom stereocenters. The van der Waals surface area contributed by atoms with Gasteiger partial charge < -0.3 is 28.1 Å². The number of rotatable bonds is 0. The summed E-state index contributed by atoms with van der Waals surface area (Å²) < 4.78 is 0. The first-order chi connectivity index (χ1) is 0. The van der Waals surface area contributed by atoms with Gasteiger partial charge in [-0.25, -0.2) is 0 Å². The first-order valence-electron chi connectivity index (χ1n) is 0. The molecule has 0 spiro atoms. The predicted molar refractivity (Wildman–Crippen MR) is 18.8 cm³/mol. The van der Waals surface area contributed by atoms with Crippen molar-refractivity contribution >= 4 is 0 Å². The van der Waals surface area contributed by atoms with Gasteiger partial charge in [-0.3, -0.25) is 0 Å². The molecule has 0 aromatic rings. The quantitative estimate of drug-likeness (QED) is 0.518. The molecule has 5 nitrogen and oxygen atoms in total. The van der Waals surface area contributed by atoms with Gasteiger partial charge >= 0.3 is 0 Å². The third kappa shape index (κ3) is 250. The van der Waals surface area contributed by atoms with Crippen LogP contribution < -0.4 is 6.15 Å². The summed E-state index contributed by atoms with van der Waals surface area (Å²) >= 11 is 0. The van der Waals surface area contributed by atoms with E-state index >= 15 is 0 Å². The third-order valence-corrected chi connectivity index (χ3v) is 0. The Hall–Kier alpha value is 0.462. The van der Waals surface area contributed by atoms with E-state index in [0.29, 0.717) is 0 Å². The van der Waals surface area contributed by atoms with E-state index in [4.69, 9.17) is 0 Å². The summed E-state index contributed by atoms with van der Waals surface area (Å²) in [6.45, 7) is 0. The number of hydrogen-bond acceptors (Lipinski definition) is 1. The van der Waals surface area contributed by atoms with Crippen LogP contribution in [0.3, 0.4) is 0 Å². The largest absolute Gasteiger partial charge is 0.870 e. The summed E-state index contributed by atoms with van der Waals surface area (Å²) in [6, 6.07) is 0. The molecule has 0 saturated carbocycles. The topological polar surface area (TPSA) is 161 Å². The fraction of sp³-hybridized carbons (Fsp3) is 0. The SMILES string of the molecule is O.O.O.[NH4+].[OH-].[Re]. The van der Waals surface area contributed by atoms with Crippen LogP contribution in [0.25, 0.3) is 0 Å². The standard InChI is InChI=1S/H3N.4H2O.Re/h1H3;4*1H2;. The van der Waals surface area contributed by atoms with Gasteiger partial charge in [0.25, 0.3) is 0 Å². The zero-order valence-electron chi connectivity index (χ0n) is 3.33. The molecule has 0 aromatic heterocycles. The van der Waals surface area contributed by atoms with E-state index in [2.05, 4.69) is 0 Å². The van der Waals surface area contributed by atoms with Crippen LogP contribution in [0.5, 0.6) is 0 Å². The van der Waals surface area contributed by atoms with Crippen molar-refractivity contribution in [2.75, 3.05) is 0 Å². The van der Waals surface area contributed by atoms with E-state index in [0.717, 1.165) is 0 Å². The molecule has 1 radical (unpaired) electrons. The summed E-state index contributed by atoms with van der Waals surface area (Å²) in [5.74, 6) is 0. The van der Waals surface area contributed by atoms with Gasteiger partial charge in [-0.05, 0) is 0 Å². The molecule has 0 aliphatic heterocycles. The average molecular weight is 275 g/mol. The second-order valence-electron chi connectivity index (χ2n) is 0. The summed E-state index contributed by atoms with van der Waals surface area (Å²) in [4.78, 5) is 0. The van der Waals surface area contributed by atoms with Crippen LogP contribution in [0, 0.1) is 0 Å². The van der Waals surface area contributed by atoms with Crippen molar-refractivity contribution in [3.8, 4) is 0 Å². The van der Waals surface area contributed by atoms with E-state index in [1.165, 1.54) is 0 Å². The van der Waals surface area contributed by atoms with Crippen molar-refractivity contribution < 1.29 is 42.3 Å². The van der Waals surface area contributed by atoms with Gasteiger partial charge in [-0.2, -0.15) is 0 Å². The van der Waals surface area contributed by atoms with Crippen LogP contribution in [0.2, 0.25) is 0 Å². The molecule has 11 N–H and O–H groups in total. The zero-order valence-corrected chi connectivity index (χ0v) is 6.04. The van der Waals surface area contributed by atoms with Crippen molar-refractivity contribution in [3.05, 3.63) is 0 Å². The molecule has 47 valence electrons. The Morgan fingerprint density at radius 3 is 0.667 bits per heavy atom. The summed E-state index contributed by atoms with van der Waals surface area (Å²) in [5, 5.41) is 0. The summed E-state index contributed by atoms with van der Waals surface area (Å²) in [6.07, 6.45) is 0. The molecule has 0 aromatic carbocycles. The molecule has 0 fully saturated rings. The average Bonchev–Trinajstić information content (AvgIpc) is 0. The smallest absolute Gasteiger partial charge is 0 e. The zero-order chi connectivity index (χ0) is 0. The van der Waals surface area contributed by atoms with Gasteiger partial charge in [0.1, 0.15) is 0 Å². The maximum atomic E-state index is 0. The Bertz CT molecular complexity index is 7.51. The monoisotopic (exact) mass is 276 g/mol. The summed E-state index contributed by atoms with van der Waals surface area (Å²) in [5.41, 5.74) is 0. The molecule has 0 saturated heterocycles. The predicted octanol–water partition coefficient (Wildman–Crippen LogP) is -2.28. The van der Waals surface area contributed by atoms with Crippen LogP contribution in [0.4, 0.5) is 0 Å². The first kappa shape index (κ1) is 902. The van der Waals surface area contributed by atoms with Crippen LogP contribution in [0.1, 0.15) is 0 Å². The van der Waals surface area contributed by atoms with Crippen molar-refractivity contribution in [2.45, 2.75) is 0 Å². The molecule has 0 amide bonds. The Morgan fingerprint density at radius 1 is 0.667 bits per heavy atom. The van der Waals surface area contributed by atoms with Crippen molar-refractivity contribution in [2.24, 2.45) is 0 Å². The van der Waals surface area contributed by atoms with Gasteiger partial charge in [-0.1, -0.05) is 0 Å². The molecule has 0 heterocycles. The van der Waals surface area contributed by atoms with Crippen LogP contribution in [-0.4, -0.2) is 21.9 Å². The van der Waals surface area contributed by atoms with E-state index in [1.807, 2.05) is 0 Å². The van der Waals surface area contributed by atoms with Crippen LogP contribution in [0.15, 0.2) is 0 Å². The molecular formula is H11NO4Re. The fourth-order valence-electron chi connectivity index (χ4n) is 0. The van der Waals surface area contributed by atoms with E-state index in [9.17, 15) is 0 Å². The molecule has 0 atom stereocenters. The molecule has 0 aliphatic carbocycles. The molecule has 0 rings (SSSR count). The van der Waals surface area contributed by atoms with Crippen molar-refractivity contribution in [1.82, 2.24) is 6.15 Å². The Kier molecular flexibility index (Phi) is 76500. The number of quaternary nitrogens is 1.